The number of primary amides is 1. The van der Waals surface area contributed by atoms with Gasteiger partial charge in [0, 0.05) is 30.2 Å². The van der Waals surface area contributed by atoms with Crippen LogP contribution < -0.4 is 11.3 Å². The van der Waals surface area contributed by atoms with Crippen LogP contribution in [0.25, 0.3) is 28.4 Å². The molecule has 0 aliphatic carbocycles. The van der Waals surface area contributed by atoms with Gasteiger partial charge in [-0.2, -0.15) is 28.5 Å². The van der Waals surface area contributed by atoms with Crippen molar-refractivity contribution in [2.24, 2.45) is 5.73 Å². The number of amides is 1. The summed E-state index contributed by atoms with van der Waals surface area (Å²) < 4.78 is 44.3. The van der Waals surface area contributed by atoms with Gasteiger partial charge in [0.25, 0.3) is 11.5 Å². The van der Waals surface area contributed by atoms with Crippen LogP contribution in [0.2, 0.25) is 5.02 Å². The van der Waals surface area contributed by atoms with Crippen molar-refractivity contribution in [3.63, 3.8) is 0 Å². The molecule has 0 fully saturated rings. The van der Waals surface area contributed by atoms with E-state index in [0.29, 0.717) is 4.68 Å². The molecule has 5 rings (SSSR count). The van der Waals surface area contributed by atoms with E-state index in [1.54, 1.807) is 0 Å². The van der Waals surface area contributed by atoms with Crippen LogP contribution in [-0.4, -0.2) is 45.1 Å². The van der Waals surface area contributed by atoms with Gasteiger partial charge in [-0.15, -0.1) is 4.80 Å². The van der Waals surface area contributed by atoms with Gasteiger partial charge in [0.2, 0.25) is 0 Å². The molecule has 11 nitrogen and oxygen atoms in total. The molecule has 0 saturated heterocycles. The number of halogens is 4. The number of rotatable bonds is 4. The minimum atomic E-state index is -5.06. The fourth-order valence-corrected chi connectivity index (χ4v) is 3.78. The number of fused-ring (bicyclic) bond motifs is 1. The number of hydrogen-bond acceptors (Lipinski definition) is 7. The summed E-state index contributed by atoms with van der Waals surface area (Å²) in [4.78, 5) is 33.7. The summed E-state index contributed by atoms with van der Waals surface area (Å²) >= 11 is 6.27. The number of carbonyl (C=O) groups excluding carboxylic acids is 1. The first kappa shape index (κ1) is 22.2. The van der Waals surface area contributed by atoms with Gasteiger partial charge in [-0.3, -0.25) is 14.0 Å². The number of carbonyl (C=O) groups is 1. The standard InChI is InChI=1S/C20H11ClF3N9O2/c21-11-8-10(9-27-18(11)33-28-5-6-29-33)15-14(17(25)35)16(20(22,23)24)32(30-15)12-2-1-7-31-13(34)3-4-26-19(12)31/h1-9H,(H2,25,35). The molecule has 0 aromatic carbocycles. The molecule has 5 heterocycles. The van der Waals surface area contributed by atoms with Crippen molar-refractivity contribution in [1.29, 1.82) is 0 Å². The van der Waals surface area contributed by atoms with E-state index in [9.17, 15) is 22.8 Å². The van der Waals surface area contributed by atoms with Crippen molar-refractivity contribution >= 4 is 23.2 Å². The van der Waals surface area contributed by atoms with Crippen LogP contribution in [0, 0.1) is 0 Å². The van der Waals surface area contributed by atoms with Crippen LogP contribution >= 0.6 is 11.6 Å². The first-order valence-electron chi connectivity index (χ1n) is 9.66. The van der Waals surface area contributed by atoms with E-state index in [4.69, 9.17) is 17.3 Å². The number of alkyl halides is 3. The zero-order valence-electron chi connectivity index (χ0n) is 17.2. The lowest BCUT2D eigenvalue weighted by atomic mass is 10.1. The molecular formula is C20H11ClF3N9O2. The summed E-state index contributed by atoms with van der Waals surface area (Å²) in [5.74, 6) is -1.27. The highest BCUT2D eigenvalue weighted by Crippen LogP contribution is 2.39. The lowest BCUT2D eigenvalue weighted by molar-refractivity contribution is -0.143. The second-order valence-corrected chi connectivity index (χ2v) is 7.47. The van der Waals surface area contributed by atoms with Gasteiger partial charge >= 0.3 is 6.18 Å². The van der Waals surface area contributed by atoms with Gasteiger partial charge in [-0.25, -0.2) is 14.6 Å². The highest BCUT2D eigenvalue weighted by molar-refractivity contribution is 6.32. The number of aromatic nitrogens is 8. The fourth-order valence-electron chi connectivity index (χ4n) is 3.53. The number of pyridine rings is 2. The van der Waals surface area contributed by atoms with Gasteiger partial charge in [0.05, 0.1) is 23.0 Å². The van der Waals surface area contributed by atoms with Crippen LogP contribution in [-0.2, 0) is 6.18 Å². The minimum absolute atomic E-state index is 0.0180. The maximum Gasteiger partial charge on any atom is 0.434 e. The largest absolute Gasteiger partial charge is 0.434 e. The van der Waals surface area contributed by atoms with Crippen LogP contribution in [0.5, 0.6) is 0 Å². The Balaban J connectivity index is 1.81. The molecule has 176 valence electrons. The molecule has 35 heavy (non-hydrogen) atoms. The Morgan fingerprint density at radius 3 is 2.49 bits per heavy atom. The van der Waals surface area contributed by atoms with E-state index in [1.165, 1.54) is 36.8 Å². The maximum atomic E-state index is 14.3. The highest BCUT2D eigenvalue weighted by atomic mass is 35.5. The Hall–Kier alpha value is -4.59. The summed E-state index contributed by atoms with van der Waals surface area (Å²) in [5, 5.41) is 11.8. The Morgan fingerprint density at radius 1 is 1.09 bits per heavy atom. The van der Waals surface area contributed by atoms with Crippen molar-refractivity contribution in [1.82, 2.24) is 39.1 Å². The first-order chi connectivity index (χ1) is 16.7. The molecule has 2 N–H and O–H groups in total. The van der Waals surface area contributed by atoms with Crippen molar-refractivity contribution < 1.29 is 18.0 Å². The summed E-state index contributed by atoms with van der Waals surface area (Å²) in [7, 11) is 0. The molecule has 0 atom stereocenters. The van der Waals surface area contributed by atoms with Gasteiger partial charge in [0.15, 0.2) is 17.2 Å². The van der Waals surface area contributed by atoms with Gasteiger partial charge < -0.3 is 5.73 Å². The molecule has 1 amide bonds. The minimum Gasteiger partial charge on any atom is -0.365 e. The average molecular weight is 502 g/mol. The van der Waals surface area contributed by atoms with Gasteiger partial charge in [0.1, 0.15) is 11.4 Å². The molecule has 0 unspecified atom stereocenters. The highest BCUT2D eigenvalue weighted by Gasteiger charge is 2.43. The fraction of sp³-hybridized carbons (Fsp3) is 0.0500. The molecular weight excluding hydrogens is 491 g/mol. The van der Waals surface area contributed by atoms with Crippen LogP contribution in [0.4, 0.5) is 13.2 Å². The average Bonchev–Trinajstić information content (AvgIpc) is 3.47. The summed E-state index contributed by atoms with van der Waals surface area (Å²) in [6.07, 6.45) is 1.37. The molecule has 5 aromatic heterocycles. The molecule has 0 radical (unpaired) electrons. The lowest BCUT2D eigenvalue weighted by Gasteiger charge is -2.13. The van der Waals surface area contributed by atoms with Crippen LogP contribution in [0.15, 0.2) is 60.0 Å². The van der Waals surface area contributed by atoms with E-state index in [1.807, 2.05) is 0 Å². The van der Waals surface area contributed by atoms with Crippen molar-refractivity contribution in [2.75, 3.05) is 0 Å². The Bertz CT molecular complexity index is 1660. The topological polar surface area (TPSA) is 139 Å². The third kappa shape index (κ3) is 3.69. The zero-order valence-corrected chi connectivity index (χ0v) is 17.9. The maximum absolute atomic E-state index is 14.3. The van der Waals surface area contributed by atoms with E-state index in [0.717, 1.165) is 27.7 Å². The molecule has 0 aliphatic rings. The molecule has 0 aliphatic heterocycles. The van der Waals surface area contributed by atoms with Crippen molar-refractivity contribution in [3.05, 3.63) is 81.9 Å². The van der Waals surface area contributed by atoms with E-state index >= 15 is 0 Å². The summed E-state index contributed by atoms with van der Waals surface area (Å²) in [6, 6.07) is 5.03. The molecule has 0 saturated carbocycles. The second kappa shape index (κ2) is 8.02. The molecule has 5 aromatic rings. The summed E-state index contributed by atoms with van der Waals surface area (Å²) in [5.41, 5.74) is 1.75. The van der Waals surface area contributed by atoms with E-state index < -0.39 is 34.6 Å². The summed E-state index contributed by atoms with van der Waals surface area (Å²) in [6.45, 7) is 0. The lowest BCUT2D eigenvalue weighted by Crippen LogP contribution is -2.22. The van der Waals surface area contributed by atoms with Crippen molar-refractivity contribution in [3.8, 4) is 22.8 Å². The molecule has 15 heteroatoms. The van der Waals surface area contributed by atoms with Crippen molar-refractivity contribution in [2.45, 2.75) is 6.18 Å². The number of nitrogens with two attached hydrogens (primary N) is 1. The normalized spacial score (nSPS) is 11.8. The Kier molecular flexibility index (Phi) is 5.09. The number of hydrogen-bond donors (Lipinski definition) is 1. The monoisotopic (exact) mass is 501 g/mol. The zero-order chi connectivity index (χ0) is 24.9. The Morgan fingerprint density at radius 2 is 1.83 bits per heavy atom. The van der Waals surface area contributed by atoms with E-state index in [-0.39, 0.29) is 27.7 Å². The number of nitrogens with zero attached hydrogens (tertiary/aromatic N) is 8. The first-order valence-corrected chi connectivity index (χ1v) is 10.0. The third-order valence-electron chi connectivity index (χ3n) is 4.93. The third-order valence-corrected chi connectivity index (χ3v) is 5.21. The molecule has 0 bridgehead atoms. The van der Waals surface area contributed by atoms with Gasteiger partial charge in [-0.05, 0) is 18.2 Å². The quantitative estimate of drug-likeness (QED) is 0.398. The van der Waals surface area contributed by atoms with Crippen LogP contribution in [0.1, 0.15) is 16.1 Å². The Labute approximate surface area is 197 Å². The second-order valence-electron chi connectivity index (χ2n) is 7.06. The predicted molar refractivity (Wildman–Crippen MR) is 115 cm³/mol. The smallest absolute Gasteiger partial charge is 0.365 e. The molecule has 0 spiro atoms. The predicted octanol–water partition coefficient (Wildman–Crippen LogP) is 2.29. The SMILES string of the molecule is NC(=O)c1c(-c2cnc(-n3nccn3)c(Cl)c2)nn(-c2cccn3c(=O)ccnc23)c1C(F)(F)F. The van der Waals surface area contributed by atoms with Gasteiger partial charge in [-0.1, -0.05) is 11.6 Å². The van der Waals surface area contributed by atoms with E-state index in [2.05, 4.69) is 25.3 Å². The van der Waals surface area contributed by atoms with Crippen LogP contribution in [0.3, 0.4) is 0 Å².